The Morgan fingerprint density at radius 3 is 2.41 bits per heavy atom. The van der Waals surface area contributed by atoms with Crippen molar-refractivity contribution in [2.45, 2.75) is 32.2 Å². The molecule has 1 aromatic rings. The molecule has 0 saturated heterocycles. The molecule has 0 aliphatic carbocycles. The van der Waals surface area contributed by atoms with Crippen LogP contribution in [0, 0.1) is 0 Å². The number of carbonyl (C=O) groups is 2. The first kappa shape index (κ1) is 18.0. The first-order chi connectivity index (χ1) is 10.3. The van der Waals surface area contributed by atoms with Crippen LogP contribution in [0.4, 0.5) is 10.5 Å². The van der Waals surface area contributed by atoms with Crippen molar-refractivity contribution < 1.29 is 9.59 Å². The third kappa shape index (κ3) is 5.04. The summed E-state index contributed by atoms with van der Waals surface area (Å²) in [5.74, 6) is -0.197. The van der Waals surface area contributed by atoms with E-state index in [0.29, 0.717) is 17.8 Å². The van der Waals surface area contributed by atoms with E-state index in [-0.39, 0.29) is 17.5 Å². The Morgan fingerprint density at radius 2 is 1.86 bits per heavy atom. The maximum absolute atomic E-state index is 12.2. The van der Waals surface area contributed by atoms with Gasteiger partial charge >= 0.3 is 6.03 Å². The number of amides is 3. The Hall–Kier alpha value is -2.08. The highest BCUT2D eigenvalue weighted by Gasteiger charge is 2.21. The van der Waals surface area contributed by atoms with E-state index in [1.165, 1.54) is 4.90 Å². The molecule has 0 saturated carbocycles. The van der Waals surface area contributed by atoms with Crippen LogP contribution in [0.3, 0.4) is 0 Å². The molecule has 0 spiro atoms. The molecule has 6 heteroatoms. The van der Waals surface area contributed by atoms with Crippen LogP contribution < -0.4 is 16.4 Å². The van der Waals surface area contributed by atoms with Gasteiger partial charge in [0.25, 0.3) is 5.91 Å². The van der Waals surface area contributed by atoms with Crippen LogP contribution in [0.5, 0.6) is 0 Å². The zero-order chi connectivity index (χ0) is 16.8. The molecule has 22 heavy (non-hydrogen) atoms. The standard InChI is InChI=1S/C16H26N4O2/c1-5-16(17,6-2)11-18-14(21)12-8-7-9-13(10-12)19-15(22)20(3)4/h7-10H,5-6,11,17H2,1-4H3,(H,18,21)(H,19,22). The SMILES string of the molecule is CCC(N)(CC)CNC(=O)c1cccc(NC(=O)N(C)C)c1. The maximum atomic E-state index is 12.2. The zero-order valence-corrected chi connectivity index (χ0v) is 13.8. The molecule has 0 radical (unpaired) electrons. The van der Waals surface area contributed by atoms with E-state index in [0.717, 1.165) is 12.8 Å². The van der Waals surface area contributed by atoms with Crippen LogP contribution in [0.1, 0.15) is 37.0 Å². The number of nitrogens with two attached hydrogens (primary N) is 1. The van der Waals surface area contributed by atoms with Crippen molar-refractivity contribution in [3.63, 3.8) is 0 Å². The van der Waals surface area contributed by atoms with Crippen molar-refractivity contribution in [2.75, 3.05) is 26.0 Å². The van der Waals surface area contributed by atoms with Crippen molar-refractivity contribution in [1.29, 1.82) is 0 Å². The lowest BCUT2D eigenvalue weighted by Crippen LogP contribution is -2.49. The minimum Gasteiger partial charge on any atom is -0.350 e. The third-order valence-electron chi connectivity index (χ3n) is 3.79. The normalized spacial score (nSPS) is 11.0. The molecule has 0 bridgehead atoms. The van der Waals surface area contributed by atoms with Crippen molar-refractivity contribution in [3.8, 4) is 0 Å². The molecular formula is C16H26N4O2. The molecule has 1 aromatic carbocycles. The number of rotatable bonds is 6. The van der Waals surface area contributed by atoms with Gasteiger partial charge in [0.15, 0.2) is 0 Å². The average Bonchev–Trinajstić information content (AvgIpc) is 2.52. The molecule has 0 aliphatic rings. The zero-order valence-electron chi connectivity index (χ0n) is 13.8. The molecule has 0 aromatic heterocycles. The molecule has 0 heterocycles. The summed E-state index contributed by atoms with van der Waals surface area (Å²) < 4.78 is 0. The van der Waals surface area contributed by atoms with Gasteiger partial charge in [-0.25, -0.2) is 4.79 Å². The van der Waals surface area contributed by atoms with Gasteiger partial charge in [-0.15, -0.1) is 0 Å². The molecule has 0 atom stereocenters. The van der Waals surface area contributed by atoms with Crippen LogP contribution in [0.15, 0.2) is 24.3 Å². The van der Waals surface area contributed by atoms with Gasteiger partial charge in [-0.05, 0) is 31.0 Å². The fourth-order valence-corrected chi connectivity index (χ4v) is 1.83. The van der Waals surface area contributed by atoms with Crippen molar-refractivity contribution in [3.05, 3.63) is 29.8 Å². The second kappa shape index (κ2) is 7.79. The Balaban J connectivity index is 2.72. The lowest BCUT2D eigenvalue weighted by molar-refractivity contribution is 0.0942. The number of nitrogens with one attached hydrogen (secondary N) is 2. The summed E-state index contributed by atoms with van der Waals surface area (Å²) in [4.78, 5) is 25.3. The molecule has 0 unspecified atom stereocenters. The summed E-state index contributed by atoms with van der Waals surface area (Å²) in [5, 5.41) is 5.57. The van der Waals surface area contributed by atoms with E-state index in [1.807, 2.05) is 13.8 Å². The summed E-state index contributed by atoms with van der Waals surface area (Å²) in [5.41, 5.74) is 6.86. The third-order valence-corrected chi connectivity index (χ3v) is 3.79. The van der Waals surface area contributed by atoms with Crippen LogP contribution >= 0.6 is 0 Å². The molecule has 0 fully saturated rings. The summed E-state index contributed by atoms with van der Waals surface area (Å²) in [6, 6.07) is 6.58. The second-order valence-corrected chi connectivity index (χ2v) is 5.66. The largest absolute Gasteiger partial charge is 0.350 e. The molecular weight excluding hydrogens is 280 g/mol. The molecule has 122 valence electrons. The first-order valence-electron chi connectivity index (χ1n) is 7.46. The average molecular weight is 306 g/mol. The number of carbonyl (C=O) groups excluding carboxylic acids is 2. The molecule has 4 N–H and O–H groups in total. The highest BCUT2D eigenvalue weighted by Crippen LogP contribution is 2.13. The molecule has 1 rings (SSSR count). The predicted molar refractivity (Wildman–Crippen MR) is 89.0 cm³/mol. The van der Waals surface area contributed by atoms with E-state index >= 15 is 0 Å². The topological polar surface area (TPSA) is 87.5 Å². The Labute approximate surface area is 132 Å². The minimum absolute atomic E-state index is 0.197. The lowest BCUT2D eigenvalue weighted by atomic mass is 9.94. The summed E-state index contributed by atoms with van der Waals surface area (Å²) >= 11 is 0. The fraction of sp³-hybridized carbons (Fsp3) is 0.500. The van der Waals surface area contributed by atoms with Gasteiger partial charge in [-0.1, -0.05) is 19.9 Å². The lowest BCUT2D eigenvalue weighted by Gasteiger charge is -2.26. The van der Waals surface area contributed by atoms with Gasteiger partial charge < -0.3 is 21.3 Å². The van der Waals surface area contributed by atoms with E-state index < -0.39 is 0 Å². The second-order valence-electron chi connectivity index (χ2n) is 5.66. The van der Waals surface area contributed by atoms with E-state index in [1.54, 1.807) is 38.4 Å². The van der Waals surface area contributed by atoms with Gasteiger partial charge in [0.1, 0.15) is 0 Å². The predicted octanol–water partition coefficient (Wildman–Crippen LogP) is 2.03. The Bertz CT molecular complexity index is 525. The quantitative estimate of drug-likeness (QED) is 0.751. The minimum atomic E-state index is -0.383. The van der Waals surface area contributed by atoms with Crippen LogP contribution in [0.2, 0.25) is 0 Å². The number of hydrogen-bond donors (Lipinski definition) is 3. The van der Waals surface area contributed by atoms with Gasteiger partial charge in [0, 0.05) is 37.4 Å². The number of anilines is 1. The van der Waals surface area contributed by atoms with Gasteiger partial charge in [0.05, 0.1) is 0 Å². The van der Waals surface area contributed by atoms with Gasteiger partial charge in [-0.3, -0.25) is 4.79 Å². The van der Waals surface area contributed by atoms with Gasteiger partial charge in [-0.2, -0.15) is 0 Å². The van der Waals surface area contributed by atoms with Crippen molar-refractivity contribution in [2.24, 2.45) is 5.73 Å². The van der Waals surface area contributed by atoms with E-state index in [9.17, 15) is 9.59 Å². The number of benzene rings is 1. The highest BCUT2D eigenvalue weighted by atomic mass is 16.2. The molecule has 0 aliphatic heterocycles. The fourth-order valence-electron chi connectivity index (χ4n) is 1.83. The van der Waals surface area contributed by atoms with Crippen molar-refractivity contribution in [1.82, 2.24) is 10.2 Å². The summed E-state index contributed by atoms with van der Waals surface area (Å²) in [7, 11) is 3.31. The summed E-state index contributed by atoms with van der Waals surface area (Å²) in [6.45, 7) is 4.44. The Kier molecular flexibility index (Phi) is 6.37. The van der Waals surface area contributed by atoms with Crippen LogP contribution in [0.25, 0.3) is 0 Å². The maximum Gasteiger partial charge on any atom is 0.321 e. The van der Waals surface area contributed by atoms with Gasteiger partial charge in [0.2, 0.25) is 0 Å². The first-order valence-corrected chi connectivity index (χ1v) is 7.46. The van der Waals surface area contributed by atoms with Crippen LogP contribution in [-0.2, 0) is 0 Å². The van der Waals surface area contributed by atoms with Crippen LogP contribution in [-0.4, -0.2) is 43.0 Å². The number of hydrogen-bond acceptors (Lipinski definition) is 3. The highest BCUT2D eigenvalue weighted by molar-refractivity contribution is 5.96. The monoisotopic (exact) mass is 306 g/mol. The molecule has 6 nitrogen and oxygen atoms in total. The smallest absolute Gasteiger partial charge is 0.321 e. The van der Waals surface area contributed by atoms with Crippen molar-refractivity contribution >= 4 is 17.6 Å². The van der Waals surface area contributed by atoms with E-state index in [4.69, 9.17) is 5.73 Å². The Morgan fingerprint density at radius 1 is 1.23 bits per heavy atom. The van der Waals surface area contributed by atoms with E-state index in [2.05, 4.69) is 10.6 Å². The summed E-state index contributed by atoms with van der Waals surface area (Å²) in [6.07, 6.45) is 1.59. The molecule has 3 amide bonds. The number of nitrogens with zero attached hydrogens (tertiary/aromatic N) is 1. The number of urea groups is 1.